The van der Waals surface area contributed by atoms with Crippen molar-refractivity contribution in [3.8, 4) is 0 Å². The van der Waals surface area contributed by atoms with Crippen molar-refractivity contribution in [2.24, 2.45) is 0 Å². The van der Waals surface area contributed by atoms with E-state index in [4.69, 9.17) is 4.42 Å². The second-order valence-corrected chi connectivity index (χ2v) is 6.81. The maximum atomic E-state index is 12.7. The molecule has 0 aliphatic rings. The quantitative estimate of drug-likeness (QED) is 0.511. The standard InChI is InChI=1S/C23H22N2O2/c1-15(22-14-18-9-4-6-13-21(18)27-22)24-16(2)23(26)25-20-12-7-10-17-8-3-5-11-19(17)20/h3-16,24H,1-2H3,(H,25,26)/t15-,16+/m1/s1. The van der Waals surface area contributed by atoms with Gasteiger partial charge in [0, 0.05) is 16.5 Å². The molecule has 0 fully saturated rings. The summed E-state index contributed by atoms with van der Waals surface area (Å²) in [6.07, 6.45) is 0. The molecule has 0 saturated heterocycles. The lowest BCUT2D eigenvalue weighted by Gasteiger charge is -2.18. The van der Waals surface area contributed by atoms with Crippen LogP contribution in [-0.4, -0.2) is 11.9 Å². The molecule has 2 N–H and O–H groups in total. The Bertz CT molecular complexity index is 1060. The monoisotopic (exact) mass is 358 g/mol. The molecule has 136 valence electrons. The lowest BCUT2D eigenvalue weighted by atomic mass is 10.1. The summed E-state index contributed by atoms with van der Waals surface area (Å²) >= 11 is 0. The van der Waals surface area contributed by atoms with E-state index in [1.807, 2.05) is 86.6 Å². The SMILES string of the molecule is C[C@H](N[C@H](C)c1cc2ccccc2o1)C(=O)Nc1cccc2ccccc12. The average Bonchev–Trinajstić information content (AvgIpc) is 3.12. The van der Waals surface area contributed by atoms with Gasteiger partial charge in [0.05, 0.1) is 12.1 Å². The van der Waals surface area contributed by atoms with Crippen LogP contribution in [0.3, 0.4) is 0 Å². The van der Waals surface area contributed by atoms with Gasteiger partial charge in [0.1, 0.15) is 11.3 Å². The summed E-state index contributed by atoms with van der Waals surface area (Å²) < 4.78 is 5.89. The molecule has 1 amide bonds. The second kappa shape index (κ2) is 7.25. The van der Waals surface area contributed by atoms with Crippen LogP contribution in [-0.2, 0) is 4.79 Å². The minimum absolute atomic E-state index is 0.0747. The number of hydrogen-bond donors (Lipinski definition) is 2. The highest BCUT2D eigenvalue weighted by atomic mass is 16.3. The Morgan fingerprint density at radius 2 is 1.59 bits per heavy atom. The third kappa shape index (κ3) is 3.57. The minimum atomic E-state index is -0.368. The van der Waals surface area contributed by atoms with Crippen molar-refractivity contribution in [2.45, 2.75) is 25.9 Å². The fourth-order valence-electron chi connectivity index (χ4n) is 3.32. The molecule has 4 nitrogen and oxygen atoms in total. The Balaban J connectivity index is 1.47. The van der Waals surface area contributed by atoms with E-state index in [2.05, 4.69) is 10.6 Å². The van der Waals surface area contributed by atoms with Crippen LogP contribution in [0.5, 0.6) is 0 Å². The first-order valence-electron chi connectivity index (χ1n) is 9.15. The molecule has 0 unspecified atom stereocenters. The van der Waals surface area contributed by atoms with Gasteiger partial charge in [-0.3, -0.25) is 10.1 Å². The normalized spacial score (nSPS) is 13.6. The first kappa shape index (κ1) is 17.3. The van der Waals surface area contributed by atoms with Crippen molar-refractivity contribution in [2.75, 3.05) is 5.32 Å². The van der Waals surface area contributed by atoms with Gasteiger partial charge in [0.2, 0.25) is 5.91 Å². The summed E-state index contributed by atoms with van der Waals surface area (Å²) in [7, 11) is 0. The Hall–Kier alpha value is -3.11. The number of hydrogen-bond acceptors (Lipinski definition) is 3. The molecule has 0 radical (unpaired) electrons. The molecular weight excluding hydrogens is 336 g/mol. The van der Waals surface area contributed by atoms with E-state index in [1.54, 1.807) is 0 Å². The van der Waals surface area contributed by atoms with Gasteiger partial charge in [-0.1, -0.05) is 54.6 Å². The number of benzene rings is 3. The molecule has 4 heteroatoms. The van der Waals surface area contributed by atoms with Crippen LogP contribution >= 0.6 is 0 Å². The minimum Gasteiger partial charge on any atom is -0.459 e. The number of carbonyl (C=O) groups is 1. The van der Waals surface area contributed by atoms with Crippen LogP contribution in [0.4, 0.5) is 5.69 Å². The molecule has 0 saturated carbocycles. The van der Waals surface area contributed by atoms with E-state index in [1.165, 1.54) is 0 Å². The van der Waals surface area contributed by atoms with Gasteiger partial charge in [-0.25, -0.2) is 0 Å². The third-order valence-electron chi connectivity index (χ3n) is 4.81. The molecule has 3 aromatic carbocycles. The summed E-state index contributed by atoms with van der Waals surface area (Å²) in [5.74, 6) is 0.746. The molecular formula is C23H22N2O2. The van der Waals surface area contributed by atoms with E-state index in [-0.39, 0.29) is 18.0 Å². The summed E-state index contributed by atoms with van der Waals surface area (Å²) in [6.45, 7) is 3.86. The molecule has 27 heavy (non-hydrogen) atoms. The Morgan fingerprint density at radius 3 is 2.41 bits per heavy atom. The number of nitrogens with one attached hydrogen (secondary N) is 2. The van der Waals surface area contributed by atoms with E-state index in [9.17, 15) is 4.79 Å². The Kier molecular flexibility index (Phi) is 4.65. The number of anilines is 1. The number of amides is 1. The number of furan rings is 1. The molecule has 2 atom stereocenters. The van der Waals surface area contributed by atoms with Crippen molar-refractivity contribution in [3.63, 3.8) is 0 Å². The molecule has 4 rings (SSSR count). The van der Waals surface area contributed by atoms with Gasteiger partial charge in [0.25, 0.3) is 0 Å². The average molecular weight is 358 g/mol. The summed E-state index contributed by atoms with van der Waals surface area (Å²) in [5, 5.41) is 9.56. The zero-order chi connectivity index (χ0) is 18.8. The second-order valence-electron chi connectivity index (χ2n) is 6.81. The van der Waals surface area contributed by atoms with Gasteiger partial charge < -0.3 is 9.73 Å². The van der Waals surface area contributed by atoms with Gasteiger partial charge in [0.15, 0.2) is 0 Å². The van der Waals surface area contributed by atoms with Gasteiger partial charge >= 0.3 is 0 Å². The fourth-order valence-corrected chi connectivity index (χ4v) is 3.32. The van der Waals surface area contributed by atoms with Crippen LogP contribution in [0.2, 0.25) is 0 Å². The van der Waals surface area contributed by atoms with Crippen LogP contribution < -0.4 is 10.6 Å². The Labute approximate surface area is 158 Å². The first-order chi connectivity index (χ1) is 13.1. The predicted octanol–water partition coefficient (Wildman–Crippen LogP) is 5.26. The molecule has 1 heterocycles. The zero-order valence-corrected chi connectivity index (χ0v) is 15.4. The predicted molar refractivity (Wildman–Crippen MR) is 110 cm³/mol. The summed E-state index contributed by atoms with van der Waals surface area (Å²) in [6, 6.07) is 23.4. The lowest BCUT2D eigenvalue weighted by molar-refractivity contribution is -0.117. The molecule has 4 aromatic rings. The van der Waals surface area contributed by atoms with E-state index >= 15 is 0 Å². The lowest BCUT2D eigenvalue weighted by Crippen LogP contribution is -2.39. The maximum Gasteiger partial charge on any atom is 0.241 e. The molecule has 1 aromatic heterocycles. The molecule has 0 bridgehead atoms. The molecule has 0 aliphatic heterocycles. The molecule has 0 spiro atoms. The van der Waals surface area contributed by atoms with Crippen LogP contribution in [0.1, 0.15) is 25.6 Å². The third-order valence-corrected chi connectivity index (χ3v) is 4.81. The summed E-state index contributed by atoms with van der Waals surface area (Å²) in [4.78, 5) is 12.7. The number of rotatable bonds is 5. The van der Waals surface area contributed by atoms with Crippen molar-refractivity contribution in [1.29, 1.82) is 0 Å². The van der Waals surface area contributed by atoms with Crippen LogP contribution in [0.15, 0.2) is 77.2 Å². The zero-order valence-electron chi connectivity index (χ0n) is 15.4. The topological polar surface area (TPSA) is 54.3 Å². The Morgan fingerprint density at radius 1 is 0.889 bits per heavy atom. The van der Waals surface area contributed by atoms with Crippen LogP contribution in [0, 0.1) is 0 Å². The summed E-state index contributed by atoms with van der Waals surface area (Å²) in [5.41, 5.74) is 1.68. The highest BCUT2D eigenvalue weighted by molar-refractivity contribution is 6.03. The number of para-hydroxylation sites is 1. The molecule has 0 aliphatic carbocycles. The first-order valence-corrected chi connectivity index (χ1v) is 9.15. The van der Waals surface area contributed by atoms with E-state index in [0.29, 0.717) is 0 Å². The largest absolute Gasteiger partial charge is 0.459 e. The number of fused-ring (bicyclic) bond motifs is 2. The highest BCUT2D eigenvalue weighted by Crippen LogP contribution is 2.25. The van der Waals surface area contributed by atoms with Gasteiger partial charge in [-0.15, -0.1) is 0 Å². The van der Waals surface area contributed by atoms with Crippen LogP contribution in [0.25, 0.3) is 21.7 Å². The van der Waals surface area contributed by atoms with E-state index < -0.39 is 0 Å². The maximum absolute atomic E-state index is 12.7. The van der Waals surface area contributed by atoms with Crippen molar-refractivity contribution in [3.05, 3.63) is 78.6 Å². The fraction of sp³-hybridized carbons (Fsp3) is 0.174. The van der Waals surface area contributed by atoms with Crippen molar-refractivity contribution >= 4 is 33.3 Å². The van der Waals surface area contributed by atoms with Crippen molar-refractivity contribution in [1.82, 2.24) is 5.32 Å². The van der Waals surface area contributed by atoms with E-state index in [0.717, 1.165) is 33.2 Å². The smallest absolute Gasteiger partial charge is 0.241 e. The number of carbonyl (C=O) groups excluding carboxylic acids is 1. The van der Waals surface area contributed by atoms with Gasteiger partial charge in [-0.2, -0.15) is 0 Å². The van der Waals surface area contributed by atoms with Crippen molar-refractivity contribution < 1.29 is 9.21 Å². The highest BCUT2D eigenvalue weighted by Gasteiger charge is 2.19. The van der Waals surface area contributed by atoms with Gasteiger partial charge in [-0.05, 0) is 37.4 Å².